The fourth-order valence-corrected chi connectivity index (χ4v) is 2.63. The lowest BCUT2D eigenvalue weighted by Gasteiger charge is -2.32. The summed E-state index contributed by atoms with van der Waals surface area (Å²) in [5.41, 5.74) is 0.806. The fraction of sp³-hybridized carbons (Fsp3) is 1.00. The maximum absolute atomic E-state index is 3.72. The zero-order valence-electron chi connectivity index (χ0n) is 12.5. The van der Waals surface area contributed by atoms with Gasteiger partial charge in [0.15, 0.2) is 0 Å². The van der Waals surface area contributed by atoms with E-state index in [0.29, 0.717) is 11.0 Å². The highest BCUT2D eigenvalue weighted by Crippen LogP contribution is 2.26. The highest BCUT2D eigenvalue weighted by molar-refractivity contribution is 4.94. The SMILES string of the molecule is CCCC1(CNCC(C)C(C)(C)C)CCCN1. The molecule has 2 atom stereocenters. The van der Waals surface area contributed by atoms with E-state index < -0.39 is 0 Å². The molecule has 1 heterocycles. The molecule has 0 amide bonds. The van der Waals surface area contributed by atoms with E-state index in [9.17, 15) is 0 Å². The van der Waals surface area contributed by atoms with Crippen LogP contribution in [0.15, 0.2) is 0 Å². The summed E-state index contributed by atoms with van der Waals surface area (Å²) in [4.78, 5) is 0. The molecule has 2 heteroatoms. The molecule has 2 unspecified atom stereocenters. The summed E-state index contributed by atoms with van der Waals surface area (Å²) in [5.74, 6) is 0.725. The lowest BCUT2D eigenvalue weighted by Crippen LogP contribution is -2.49. The lowest BCUT2D eigenvalue weighted by atomic mass is 9.82. The molecule has 1 rings (SSSR count). The lowest BCUT2D eigenvalue weighted by molar-refractivity contribution is 0.238. The van der Waals surface area contributed by atoms with Crippen molar-refractivity contribution in [1.82, 2.24) is 10.6 Å². The predicted octanol–water partition coefficient (Wildman–Crippen LogP) is 3.18. The van der Waals surface area contributed by atoms with Gasteiger partial charge in [-0.3, -0.25) is 0 Å². The average Bonchev–Trinajstić information content (AvgIpc) is 2.66. The third-order valence-corrected chi connectivity index (χ3v) is 4.45. The van der Waals surface area contributed by atoms with Gasteiger partial charge in [0.1, 0.15) is 0 Å². The Morgan fingerprint density at radius 1 is 1.35 bits per heavy atom. The van der Waals surface area contributed by atoms with Crippen molar-refractivity contribution in [3.8, 4) is 0 Å². The molecule has 1 saturated heterocycles. The van der Waals surface area contributed by atoms with Crippen LogP contribution in [0.25, 0.3) is 0 Å². The van der Waals surface area contributed by atoms with Gasteiger partial charge in [-0.2, -0.15) is 0 Å². The standard InChI is InChI=1S/C15H32N2/c1-6-8-15(9-7-10-17-15)12-16-11-13(2)14(3,4)5/h13,16-17H,6-12H2,1-5H3. The predicted molar refractivity (Wildman–Crippen MR) is 76.4 cm³/mol. The van der Waals surface area contributed by atoms with Crippen LogP contribution in [0.2, 0.25) is 0 Å². The summed E-state index contributed by atoms with van der Waals surface area (Å²) < 4.78 is 0. The van der Waals surface area contributed by atoms with Gasteiger partial charge in [-0.25, -0.2) is 0 Å². The van der Waals surface area contributed by atoms with Crippen LogP contribution in [0.1, 0.15) is 60.3 Å². The molecule has 0 aromatic heterocycles. The average molecular weight is 240 g/mol. The van der Waals surface area contributed by atoms with Crippen LogP contribution in [0.3, 0.4) is 0 Å². The molecule has 1 fully saturated rings. The van der Waals surface area contributed by atoms with Crippen LogP contribution < -0.4 is 10.6 Å². The molecule has 0 spiro atoms. The van der Waals surface area contributed by atoms with Crippen molar-refractivity contribution in [2.24, 2.45) is 11.3 Å². The van der Waals surface area contributed by atoms with Gasteiger partial charge >= 0.3 is 0 Å². The first-order valence-electron chi connectivity index (χ1n) is 7.35. The highest BCUT2D eigenvalue weighted by Gasteiger charge is 2.32. The van der Waals surface area contributed by atoms with Crippen molar-refractivity contribution in [2.75, 3.05) is 19.6 Å². The number of hydrogen-bond donors (Lipinski definition) is 2. The molecule has 0 radical (unpaired) electrons. The first kappa shape index (κ1) is 15.0. The minimum Gasteiger partial charge on any atom is -0.315 e. The van der Waals surface area contributed by atoms with Crippen LogP contribution in [0, 0.1) is 11.3 Å². The van der Waals surface area contributed by atoms with E-state index >= 15 is 0 Å². The molecule has 0 bridgehead atoms. The van der Waals surface area contributed by atoms with E-state index in [-0.39, 0.29) is 0 Å². The molecule has 2 nitrogen and oxygen atoms in total. The van der Waals surface area contributed by atoms with Gasteiger partial charge in [0.05, 0.1) is 0 Å². The number of nitrogens with one attached hydrogen (secondary N) is 2. The van der Waals surface area contributed by atoms with Crippen molar-refractivity contribution < 1.29 is 0 Å². The summed E-state index contributed by atoms with van der Waals surface area (Å²) in [7, 11) is 0. The third-order valence-electron chi connectivity index (χ3n) is 4.45. The van der Waals surface area contributed by atoms with Gasteiger partial charge in [0.2, 0.25) is 0 Å². The van der Waals surface area contributed by atoms with Gasteiger partial charge in [0.25, 0.3) is 0 Å². The largest absolute Gasteiger partial charge is 0.315 e. The third kappa shape index (κ3) is 4.59. The van der Waals surface area contributed by atoms with Gasteiger partial charge in [-0.1, -0.05) is 41.0 Å². The fourth-order valence-electron chi connectivity index (χ4n) is 2.63. The first-order valence-corrected chi connectivity index (χ1v) is 7.35. The summed E-state index contributed by atoms with van der Waals surface area (Å²) in [6, 6.07) is 0. The van der Waals surface area contributed by atoms with Crippen molar-refractivity contribution in [3.63, 3.8) is 0 Å². The first-order chi connectivity index (χ1) is 7.90. The quantitative estimate of drug-likeness (QED) is 0.745. The normalized spacial score (nSPS) is 27.4. The Labute approximate surface area is 108 Å². The molecule has 2 N–H and O–H groups in total. The Morgan fingerprint density at radius 2 is 2.06 bits per heavy atom. The Kier molecular flexibility index (Phi) is 5.46. The smallest absolute Gasteiger partial charge is 0.0306 e. The van der Waals surface area contributed by atoms with Crippen molar-refractivity contribution in [1.29, 1.82) is 0 Å². The van der Waals surface area contributed by atoms with Crippen LogP contribution in [0.4, 0.5) is 0 Å². The molecular formula is C15H32N2. The zero-order valence-corrected chi connectivity index (χ0v) is 12.5. The molecule has 1 aliphatic rings. The molecule has 0 aromatic carbocycles. The molecule has 102 valence electrons. The van der Waals surface area contributed by atoms with Crippen molar-refractivity contribution >= 4 is 0 Å². The van der Waals surface area contributed by atoms with Crippen molar-refractivity contribution in [2.45, 2.75) is 65.8 Å². The van der Waals surface area contributed by atoms with E-state index in [4.69, 9.17) is 0 Å². The Bertz CT molecular complexity index is 211. The van der Waals surface area contributed by atoms with Crippen molar-refractivity contribution in [3.05, 3.63) is 0 Å². The summed E-state index contributed by atoms with van der Waals surface area (Å²) in [5, 5.41) is 7.42. The number of hydrogen-bond acceptors (Lipinski definition) is 2. The van der Waals surface area contributed by atoms with E-state index in [1.165, 1.54) is 32.2 Å². The Hall–Kier alpha value is -0.0800. The molecular weight excluding hydrogens is 208 g/mol. The number of rotatable bonds is 6. The second-order valence-electron chi connectivity index (χ2n) is 6.96. The molecule has 1 aliphatic heterocycles. The monoisotopic (exact) mass is 240 g/mol. The summed E-state index contributed by atoms with van der Waals surface area (Å²) >= 11 is 0. The second kappa shape index (κ2) is 6.19. The Balaban J connectivity index is 2.33. The minimum atomic E-state index is 0.395. The second-order valence-corrected chi connectivity index (χ2v) is 6.96. The van der Waals surface area contributed by atoms with E-state index in [1.807, 2.05) is 0 Å². The van der Waals surface area contributed by atoms with Gasteiger partial charge in [0, 0.05) is 12.1 Å². The van der Waals surface area contributed by atoms with E-state index in [1.54, 1.807) is 0 Å². The van der Waals surface area contributed by atoms with Crippen LogP contribution in [-0.4, -0.2) is 25.2 Å². The summed E-state index contributed by atoms with van der Waals surface area (Å²) in [6.45, 7) is 15.1. The minimum absolute atomic E-state index is 0.395. The molecule has 0 saturated carbocycles. The topological polar surface area (TPSA) is 24.1 Å². The van der Waals surface area contributed by atoms with Gasteiger partial charge in [-0.15, -0.1) is 0 Å². The van der Waals surface area contributed by atoms with Crippen LogP contribution >= 0.6 is 0 Å². The van der Waals surface area contributed by atoms with E-state index in [0.717, 1.165) is 19.0 Å². The molecule has 17 heavy (non-hydrogen) atoms. The van der Waals surface area contributed by atoms with Gasteiger partial charge < -0.3 is 10.6 Å². The molecule has 0 aromatic rings. The van der Waals surface area contributed by atoms with Gasteiger partial charge in [-0.05, 0) is 43.7 Å². The zero-order chi connectivity index (χ0) is 12.9. The highest BCUT2D eigenvalue weighted by atomic mass is 15.1. The maximum Gasteiger partial charge on any atom is 0.0306 e. The van der Waals surface area contributed by atoms with E-state index in [2.05, 4.69) is 45.3 Å². The molecule has 0 aliphatic carbocycles. The summed E-state index contributed by atoms with van der Waals surface area (Å²) in [6.07, 6.45) is 5.28. The Morgan fingerprint density at radius 3 is 2.53 bits per heavy atom. The van der Waals surface area contributed by atoms with Crippen LogP contribution in [-0.2, 0) is 0 Å². The maximum atomic E-state index is 3.72. The van der Waals surface area contributed by atoms with Crippen LogP contribution in [0.5, 0.6) is 0 Å².